The molecule has 0 spiro atoms. The second-order valence-electron chi connectivity index (χ2n) is 5.91. The van der Waals surface area contributed by atoms with E-state index in [1.54, 1.807) is 24.5 Å². The van der Waals surface area contributed by atoms with Gasteiger partial charge in [-0.15, -0.1) is 0 Å². The van der Waals surface area contributed by atoms with E-state index in [1.165, 1.54) is 12.1 Å². The molecule has 1 N–H and O–H groups in total. The number of hydrogen-bond donors (Lipinski definition) is 1. The van der Waals surface area contributed by atoms with Gasteiger partial charge in [0.25, 0.3) is 5.91 Å². The lowest BCUT2D eigenvalue weighted by molar-refractivity contribution is 0.0718. The first-order valence-corrected chi connectivity index (χ1v) is 7.87. The van der Waals surface area contributed by atoms with Crippen molar-refractivity contribution in [2.24, 2.45) is 5.92 Å². The summed E-state index contributed by atoms with van der Waals surface area (Å²) in [6, 6.07) is 9.57. The Labute approximate surface area is 135 Å². The topological polar surface area (TPSA) is 45.2 Å². The Hall–Kier alpha value is -2.27. The first-order valence-electron chi connectivity index (χ1n) is 7.87. The van der Waals surface area contributed by atoms with Crippen LogP contribution < -0.4 is 5.32 Å². The molecular formula is C18H20FN3O. The number of nitrogens with zero attached hydrogens (tertiary/aromatic N) is 2. The molecule has 2 aromatic rings. The minimum absolute atomic E-state index is 0.0687. The van der Waals surface area contributed by atoms with Gasteiger partial charge in [0.15, 0.2) is 0 Å². The van der Waals surface area contributed by atoms with E-state index in [9.17, 15) is 9.18 Å². The molecule has 0 unspecified atom stereocenters. The van der Waals surface area contributed by atoms with Crippen molar-refractivity contribution in [3.8, 4) is 0 Å². The molecule has 3 rings (SSSR count). The van der Waals surface area contributed by atoms with Gasteiger partial charge in [-0.1, -0.05) is 6.07 Å². The summed E-state index contributed by atoms with van der Waals surface area (Å²) in [6.45, 7) is 3.13. The molecule has 0 radical (unpaired) electrons. The van der Waals surface area contributed by atoms with Gasteiger partial charge in [-0.05, 0) is 61.3 Å². The number of carbonyl (C=O) groups is 1. The fraction of sp³-hybridized carbons (Fsp3) is 0.333. The predicted octanol–water partition coefficient (Wildman–Crippen LogP) is 2.47. The molecule has 0 saturated carbocycles. The monoisotopic (exact) mass is 313 g/mol. The van der Waals surface area contributed by atoms with E-state index in [4.69, 9.17) is 0 Å². The van der Waals surface area contributed by atoms with Crippen LogP contribution in [0.15, 0.2) is 48.8 Å². The van der Waals surface area contributed by atoms with Crippen molar-refractivity contribution in [2.75, 3.05) is 19.6 Å². The van der Waals surface area contributed by atoms with Crippen molar-refractivity contribution in [3.05, 3.63) is 65.7 Å². The maximum atomic E-state index is 13.1. The van der Waals surface area contributed by atoms with Crippen molar-refractivity contribution < 1.29 is 9.18 Å². The summed E-state index contributed by atoms with van der Waals surface area (Å²) in [4.78, 5) is 18.8. The molecule has 1 aromatic heterocycles. The van der Waals surface area contributed by atoms with Gasteiger partial charge >= 0.3 is 0 Å². The van der Waals surface area contributed by atoms with E-state index in [-0.39, 0.29) is 11.7 Å². The van der Waals surface area contributed by atoms with Gasteiger partial charge in [-0.25, -0.2) is 4.39 Å². The molecule has 5 heteroatoms. The number of hydrogen-bond acceptors (Lipinski definition) is 3. The zero-order valence-electron chi connectivity index (χ0n) is 12.9. The van der Waals surface area contributed by atoms with Crippen molar-refractivity contribution in [2.45, 2.75) is 13.0 Å². The normalized spacial score (nSPS) is 17.2. The van der Waals surface area contributed by atoms with Crippen molar-refractivity contribution in [3.63, 3.8) is 0 Å². The van der Waals surface area contributed by atoms with E-state index >= 15 is 0 Å². The summed E-state index contributed by atoms with van der Waals surface area (Å²) >= 11 is 0. The minimum Gasteiger partial charge on any atom is -0.334 e. The third kappa shape index (κ3) is 4.13. The number of carbonyl (C=O) groups excluding carboxylic acids is 1. The van der Waals surface area contributed by atoms with Crippen molar-refractivity contribution >= 4 is 5.91 Å². The van der Waals surface area contributed by atoms with Crippen molar-refractivity contribution in [1.82, 2.24) is 15.2 Å². The highest BCUT2D eigenvalue weighted by Gasteiger charge is 2.23. The number of benzene rings is 1. The number of aromatic nitrogens is 1. The van der Waals surface area contributed by atoms with Crippen LogP contribution >= 0.6 is 0 Å². The van der Waals surface area contributed by atoms with E-state index in [0.29, 0.717) is 24.6 Å². The van der Waals surface area contributed by atoms with E-state index in [2.05, 4.69) is 10.3 Å². The highest BCUT2D eigenvalue weighted by molar-refractivity contribution is 5.94. The molecule has 1 fully saturated rings. The highest BCUT2D eigenvalue weighted by atomic mass is 19.1. The van der Waals surface area contributed by atoms with Gasteiger partial charge in [-0.2, -0.15) is 0 Å². The maximum absolute atomic E-state index is 13.1. The molecule has 1 amide bonds. The SMILES string of the molecule is O=C(c1ccc(F)cc1)N(Cc1cccnc1)C[C@@H]1CCNC1. The summed E-state index contributed by atoms with van der Waals surface area (Å²) in [5.74, 6) is 0.0529. The van der Waals surface area contributed by atoms with Gasteiger partial charge in [0.1, 0.15) is 5.82 Å². The molecular weight excluding hydrogens is 293 g/mol. The Kier molecular flexibility index (Phi) is 4.98. The standard InChI is InChI=1S/C18H20FN3O/c19-17-5-3-16(4-6-17)18(23)22(13-15-7-9-21-11-15)12-14-2-1-8-20-10-14/h1-6,8,10,15,21H,7,9,11-13H2/t15-/m1/s1. The molecule has 1 aliphatic rings. The molecule has 2 heterocycles. The van der Waals surface area contributed by atoms with Crippen LogP contribution in [0.25, 0.3) is 0 Å². The molecule has 1 aromatic carbocycles. The third-order valence-electron chi connectivity index (χ3n) is 4.12. The molecule has 1 saturated heterocycles. The summed E-state index contributed by atoms with van der Waals surface area (Å²) < 4.78 is 13.1. The molecule has 0 aliphatic carbocycles. The summed E-state index contributed by atoms with van der Waals surface area (Å²) in [5.41, 5.74) is 1.51. The second-order valence-corrected chi connectivity index (χ2v) is 5.91. The van der Waals surface area contributed by atoms with Gasteiger partial charge in [0, 0.05) is 31.0 Å². The van der Waals surface area contributed by atoms with Crippen LogP contribution in [0.4, 0.5) is 4.39 Å². The maximum Gasteiger partial charge on any atom is 0.254 e. The smallest absolute Gasteiger partial charge is 0.254 e. The molecule has 23 heavy (non-hydrogen) atoms. The average Bonchev–Trinajstić information content (AvgIpc) is 3.08. The van der Waals surface area contributed by atoms with Gasteiger partial charge in [-0.3, -0.25) is 9.78 Å². The molecule has 0 bridgehead atoms. The van der Waals surface area contributed by atoms with Crippen LogP contribution in [0.1, 0.15) is 22.3 Å². The lowest BCUT2D eigenvalue weighted by Crippen LogP contribution is -2.35. The average molecular weight is 313 g/mol. The third-order valence-corrected chi connectivity index (χ3v) is 4.12. The lowest BCUT2D eigenvalue weighted by Gasteiger charge is -2.25. The van der Waals surface area contributed by atoms with Crippen LogP contribution in [-0.2, 0) is 6.54 Å². The Bertz CT molecular complexity index is 639. The van der Waals surface area contributed by atoms with Gasteiger partial charge in [0.2, 0.25) is 0 Å². The Morgan fingerprint density at radius 3 is 2.78 bits per heavy atom. The Morgan fingerprint density at radius 2 is 2.13 bits per heavy atom. The Morgan fingerprint density at radius 1 is 1.30 bits per heavy atom. The van der Waals surface area contributed by atoms with Crippen LogP contribution in [-0.4, -0.2) is 35.4 Å². The molecule has 1 aliphatic heterocycles. The van der Waals surface area contributed by atoms with E-state index in [1.807, 2.05) is 17.0 Å². The summed E-state index contributed by atoms with van der Waals surface area (Å²) in [6.07, 6.45) is 4.56. The first-order chi connectivity index (χ1) is 11.2. The summed E-state index contributed by atoms with van der Waals surface area (Å²) in [5, 5.41) is 3.33. The van der Waals surface area contributed by atoms with Crippen LogP contribution in [0.5, 0.6) is 0 Å². The summed E-state index contributed by atoms with van der Waals surface area (Å²) in [7, 11) is 0. The number of pyridine rings is 1. The molecule has 120 valence electrons. The minimum atomic E-state index is -0.333. The van der Waals surface area contributed by atoms with Gasteiger partial charge in [0.05, 0.1) is 0 Å². The number of nitrogens with one attached hydrogen (secondary N) is 1. The van der Waals surface area contributed by atoms with Gasteiger partial charge < -0.3 is 10.2 Å². The van der Waals surface area contributed by atoms with Crippen LogP contribution in [0, 0.1) is 11.7 Å². The Balaban J connectivity index is 1.78. The molecule has 4 nitrogen and oxygen atoms in total. The number of amides is 1. The zero-order valence-corrected chi connectivity index (χ0v) is 12.9. The predicted molar refractivity (Wildman–Crippen MR) is 86.4 cm³/mol. The first kappa shape index (κ1) is 15.6. The van der Waals surface area contributed by atoms with Crippen molar-refractivity contribution in [1.29, 1.82) is 0 Å². The van der Waals surface area contributed by atoms with Crippen LogP contribution in [0.3, 0.4) is 0 Å². The van der Waals surface area contributed by atoms with E-state index < -0.39 is 0 Å². The fourth-order valence-corrected chi connectivity index (χ4v) is 2.89. The highest BCUT2D eigenvalue weighted by Crippen LogP contribution is 2.16. The van der Waals surface area contributed by atoms with E-state index in [0.717, 1.165) is 25.1 Å². The lowest BCUT2D eigenvalue weighted by atomic mass is 10.1. The quantitative estimate of drug-likeness (QED) is 0.922. The number of halogens is 1. The second kappa shape index (κ2) is 7.33. The largest absolute Gasteiger partial charge is 0.334 e. The molecule has 1 atom stereocenters. The number of rotatable bonds is 5. The fourth-order valence-electron chi connectivity index (χ4n) is 2.89. The zero-order chi connectivity index (χ0) is 16.1. The van der Waals surface area contributed by atoms with Crippen LogP contribution in [0.2, 0.25) is 0 Å².